The smallest absolute Gasteiger partial charge is 0.125 e. The molecule has 2 heterocycles. The highest BCUT2D eigenvalue weighted by Gasteiger charge is 2.32. The quantitative estimate of drug-likeness (QED) is 0.515. The van der Waals surface area contributed by atoms with E-state index in [1.165, 1.54) is 6.42 Å². The van der Waals surface area contributed by atoms with Crippen LogP contribution in [-0.4, -0.2) is 32.0 Å². The number of rotatable bonds is 0. The molecule has 2 aliphatic rings. The molecule has 2 saturated heterocycles. The van der Waals surface area contributed by atoms with Crippen molar-refractivity contribution in [2.45, 2.75) is 25.6 Å². The molecule has 2 fully saturated rings. The van der Waals surface area contributed by atoms with Gasteiger partial charge in [-0.1, -0.05) is 6.92 Å². The van der Waals surface area contributed by atoms with Crippen LogP contribution in [0, 0.1) is 5.92 Å². The number of fused-ring (bicyclic) bond motifs is 1. The van der Waals surface area contributed by atoms with Gasteiger partial charge in [0.25, 0.3) is 0 Å². The third-order valence-corrected chi connectivity index (χ3v) is 2.53. The predicted octanol–water partition coefficient (Wildman–Crippen LogP) is -0.0697. The molecule has 0 bridgehead atoms. The van der Waals surface area contributed by atoms with Crippen LogP contribution in [-0.2, 0) is 4.74 Å². The van der Waals surface area contributed by atoms with E-state index in [0.717, 1.165) is 25.6 Å². The van der Waals surface area contributed by atoms with E-state index < -0.39 is 0 Å². The zero-order valence-corrected chi connectivity index (χ0v) is 6.97. The Morgan fingerprint density at radius 1 is 1.36 bits per heavy atom. The van der Waals surface area contributed by atoms with Crippen LogP contribution in [0.4, 0.5) is 0 Å². The van der Waals surface area contributed by atoms with Crippen LogP contribution in [0.5, 0.6) is 0 Å². The van der Waals surface area contributed by atoms with Gasteiger partial charge in [-0.15, -0.1) is 0 Å². The van der Waals surface area contributed by atoms with Crippen molar-refractivity contribution in [1.82, 2.24) is 10.6 Å². The lowest BCUT2D eigenvalue weighted by Gasteiger charge is -2.40. The molecule has 0 aromatic carbocycles. The van der Waals surface area contributed by atoms with Gasteiger partial charge in [0.1, 0.15) is 6.23 Å². The minimum atomic E-state index is 0.294. The van der Waals surface area contributed by atoms with Crippen molar-refractivity contribution in [3.8, 4) is 0 Å². The van der Waals surface area contributed by atoms with E-state index in [1.807, 2.05) is 0 Å². The topological polar surface area (TPSA) is 33.3 Å². The van der Waals surface area contributed by atoms with Crippen LogP contribution in [0.3, 0.4) is 0 Å². The normalized spacial score (nSPS) is 45.0. The van der Waals surface area contributed by atoms with Crippen LogP contribution < -0.4 is 10.6 Å². The SMILES string of the molecule is CC1CCNC2OCC2NC1. The molecule has 64 valence electrons. The van der Waals surface area contributed by atoms with Crippen molar-refractivity contribution in [2.24, 2.45) is 5.92 Å². The molecule has 0 amide bonds. The molecule has 3 nitrogen and oxygen atoms in total. The third kappa shape index (κ3) is 1.55. The van der Waals surface area contributed by atoms with Crippen molar-refractivity contribution in [2.75, 3.05) is 19.7 Å². The second kappa shape index (κ2) is 3.09. The molecule has 3 unspecified atom stereocenters. The van der Waals surface area contributed by atoms with E-state index in [4.69, 9.17) is 4.74 Å². The molecule has 2 aliphatic heterocycles. The fourth-order valence-corrected chi connectivity index (χ4v) is 1.58. The summed E-state index contributed by atoms with van der Waals surface area (Å²) in [6.45, 7) is 5.41. The largest absolute Gasteiger partial charge is 0.360 e. The Balaban J connectivity index is 1.85. The molecule has 3 heteroatoms. The Kier molecular flexibility index (Phi) is 2.11. The zero-order valence-electron chi connectivity index (χ0n) is 6.97. The van der Waals surface area contributed by atoms with Gasteiger partial charge < -0.3 is 10.1 Å². The molecular weight excluding hydrogens is 140 g/mol. The molecule has 0 aliphatic carbocycles. The van der Waals surface area contributed by atoms with Crippen molar-refractivity contribution in [1.29, 1.82) is 0 Å². The number of hydrogen-bond acceptors (Lipinski definition) is 3. The number of ether oxygens (including phenoxy) is 1. The Morgan fingerprint density at radius 3 is 3.00 bits per heavy atom. The van der Waals surface area contributed by atoms with Crippen molar-refractivity contribution >= 4 is 0 Å². The highest BCUT2D eigenvalue weighted by molar-refractivity contribution is 4.85. The summed E-state index contributed by atoms with van der Waals surface area (Å²) in [5.41, 5.74) is 0. The molecule has 0 aromatic rings. The average molecular weight is 156 g/mol. The van der Waals surface area contributed by atoms with E-state index in [2.05, 4.69) is 17.6 Å². The van der Waals surface area contributed by atoms with Crippen LogP contribution in [0.1, 0.15) is 13.3 Å². The maximum absolute atomic E-state index is 5.33. The van der Waals surface area contributed by atoms with Gasteiger partial charge in [0.15, 0.2) is 0 Å². The van der Waals surface area contributed by atoms with Crippen LogP contribution in [0.15, 0.2) is 0 Å². The first-order chi connectivity index (χ1) is 5.36. The van der Waals surface area contributed by atoms with Gasteiger partial charge in [0, 0.05) is 0 Å². The van der Waals surface area contributed by atoms with Gasteiger partial charge in [0.05, 0.1) is 12.6 Å². The van der Waals surface area contributed by atoms with E-state index in [0.29, 0.717) is 12.3 Å². The molecule has 0 saturated carbocycles. The molecular formula is C8H16N2O. The fraction of sp³-hybridized carbons (Fsp3) is 1.00. The minimum Gasteiger partial charge on any atom is -0.360 e. The lowest BCUT2D eigenvalue weighted by Crippen LogP contribution is -2.62. The summed E-state index contributed by atoms with van der Waals surface area (Å²) in [4.78, 5) is 0. The molecule has 0 spiro atoms. The highest BCUT2D eigenvalue weighted by Crippen LogP contribution is 2.13. The lowest BCUT2D eigenvalue weighted by atomic mass is 10.0. The maximum atomic E-state index is 5.33. The Bertz CT molecular complexity index is 140. The van der Waals surface area contributed by atoms with Crippen LogP contribution in [0.25, 0.3) is 0 Å². The van der Waals surface area contributed by atoms with Gasteiger partial charge in [-0.2, -0.15) is 0 Å². The van der Waals surface area contributed by atoms with Gasteiger partial charge in [-0.25, -0.2) is 0 Å². The fourth-order valence-electron chi connectivity index (χ4n) is 1.58. The zero-order chi connectivity index (χ0) is 7.68. The maximum Gasteiger partial charge on any atom is 0.125 e. The van der Waals surface area contributed by atoms with E-state index in [-0.39, 0.29) is 0 Å². The second-order valence-corrected chi connectivity index (χ2v) is 3.62. The Labute approximate surface area is 67.5 Å². The Morgan fingerprint density at radius 2 is 2.27 bits per heavy atom. The molecule has 0 radical (unpaired) electrons. The first-order valence-corrected chi connectivity index (χ1v) is 4.44. The number of nitrogens with one attached hydrogen (secondary N) is 2. The second-order valence-electron chi connectivity index (χ2n) is 3.62. The monoisotopic (exact) mass is 156 g/mol. The van der Waals surface area contributed by atoms with Crippen molar-refractivity contribution < 1.29 is 4.74 Å². The summed E-state index contributed by atoms with van der Waals surface area (Å²) in [5.74, 6) is 0.795. The first kappa shape index (κ1) is 7.53. The minimum absolute atomic E-state index is 0.294. The average Bonchev–Trinajstić information content (AvgIpc) is 1.94. The summed E-state index contributed by atoms with van der Waals surface area (Å²) in [6, 6.07) is 0.567. The van der Waals surface area contributed by atoms with E-state index in [9.17, 15) is 0 Å². The van der Waals surface area contributed by atoms with Crippen molar-refractivity contribution in [3.63, 3.8) is 0 Å². The molecule has 2 rings (SSSR count). The molecule has 11 heavy (non-hydrogen) atoms. The van der Waals surface area contributed by atoms with E-state index >= 15 is 0 Å². The standard InChI is InChI=1S/C8H16N2O/c1-6-2-3-9-8-7(5-11-8)10-4-6/h6-10H,2-5H2,1H3. The summed E-state index contributed by atoms with van der Waals surface area (Å²) in [5, 5.41) is 6.85. The molecule has 2 N–H and O–H groups in total. The van der Waals surface area contributed by atoms with Gasteiger partial charge >= 0.3 is 0 Å². The lowest BCUT2D eigenvalue weighted by molar-refractivity contribution is -0.109. The van der Waals surface area contributed by atoms with Crippen LogP contribution >= 0.6 is 0 Å². The third-order valence-electron chi connectivity index (χ3n) is 2.53. The summed E-state index contributed by atoms with van der Waals surface area (Å²) < 4.78 is 5.33. The Hall–Kier alpha value is -0.120. The van der Waals surface area contributed by atoms with E-state index in [1.54, 1.807) is 0 Å². The predicted molar refractivity (Wildman–Crippen MR) is 43.3 cm³/mol. The molecule has 3 atom stereocenters. The highest BCUT2D eigenvalue weighted by atomic mass is 16.5. The van der Waals surface area contributed by atoms with Gasteiger partial charge in [-0.05, 0) is 25.4 Å². The molecule has 0 aromatic heterocycles. The van der Waals surface area contributed by atoms with Crippen molar-refractivity contribution in [3.05, 3.63) is 0 Å². The van der Waals surface area contributed by atoms with Crippen LogP contribution in [0.2, 0.25) is 0 Å². The summed E-state index contributed by atoms with van der Waals surface area (Å²) >= 11 is 0. The van der Waals surface area contributed by atoms with Gasteiger partial charge in [0.2, 0.25) is 0 Å². The summed E-state index contributed by atoms with van der Waals surface area (Å²) in [7, 11) is 0. The first-order valence-electron chi connectivity index (χ1n) is 4.44. The summed E-state index contributed by atoms with van der Waals surface area (Å²) in [6.07, 6.45) is 1.54. The van der Waals surface area contributed by atoms with Gasteiger partial charge in [-0.3, -0.25) is 5.32 Å². The number of hydrogen-bond donors (Lipinski definition) is 2.